The van der Waals surface area contributed by atoms with E-state index >= 15 is 0 Å². The van der Waals surface area contributed by atoms with Gasteiger partial charge in [-0.3, -0.25) is 4.79 Å². The van der Waals surface area contributed by atoms with Gasteiger partial charge in [0.1, 0.15) is 4.47 Å². The van der Waals surface area contributed by atoms with E-state index in [2.05, 4.69) is 40.2 Å². The Morgan fingerprint density at radius 1 is 1.62 bits per heavy atom. The van der Waals surface area contributed by atoms with E-state index in [9.17, 15) is 4.79 Å². The largest absolute Gasteiger partial charge is 0.374 e. The molecule has 0 aromatic carbocycles. The predicted molar refractivity (Wildman–Crippen MR) is 86.9 cm³/mol. The average Bonchev–Trinajstić information content (AvgIpc) is 2.44. The zero-order chi connectivity index (χ0) is 15.4. The number of halogens is 1. The van der Waals surface area contributed by atoms with Gasteiger partial charge in [-0.1, -0.05) is 13.8 Å². The number of morpholine rings is 1. The van der Waals surface area contributed by atoms with E-state index in [0.717, 1.165) is 31.9 Å². The predicted octanol–water partition coefficient (Wildman–Crippen LogP) is 1.09. The smallest absolute Gasteiger partial charge is 0.283 e. The van der Waals surface area contributed by atoms with Gasteiger partial charge >= 0.3 is 0 Å². The number of hydrogen-bond acceptors (Lipinski definition) is 5. The van der Waals surface area contributed by atoms with Gasteiger partial charge in [0.2, 0.25) is 0 Å². The van der Waals surface area contributed by atoms with Crippen molar-refractivity contribution in [2.75, 3.05) is 38.2 Å². The normalized spacial score (nSPS) is 19.0. The Morgan fingerprint density at radius 3 is 3.00 bits per heavy atom. The number of nitrogens with zero attached hydrogens (tertiary/aromatic N) is 3. The topological polar surface area (TPSA) is 59.4 Å². The van der Waals surface area contributed by atoms with E-state index in [1.807, 2.05) is 11.9 Å². The Balaban J connectivity index is 2.12. The van der Waals surface area contributed by atoms with Crippen molar-refractivity contribution in [3.05, 3.63) is 21.0 Å². The van der Waals surface area contributed by atoms with Crippen molar-refractivity contribution < 1.29 is 4.74 Å². The lowest BCUT2D eigenvalue weighted by atomic mass is 10.2. The molecule has 2 heterocycles. The molecule has 0 amide bonds. The van der Waals surface area contributed by atoms with Crippen LogP contribution in [0.4, 0.5) is 5.69 Å². The standard InChI is InChI=1S/C14H23BrN4O2/c1-10(2)8-19-14(20)13(15)12(7-17-19)18(3)9-11-6-16-4-5-21-11/h7,10-11,16H,4-6,8-9H2,1-3H3. The van der Waals surface area contributed by atoms with Crippen LogP contribution in [0.1, 0.15) is 13.8 Å². The van der Waals surface area contributed by atoms with E-state index in [-0.39, 0.29) is 11.7 Å². The molecule has 118 valence electrons. The highest BCUT2D eigenvalue weighted by atomic mass is 79.9. The second kappa shape index (κ2) is 7.38. The van der Waals surface area contributed by atoms with Crippen molar-refractivity contribution in [2.24, 2.45) is 5.92 Å². The molecule has 0 aliphatic carbocycles. The Kier molecular flexibility index (Phi) is 5.78. The molecular formula is C14H23BrN4O2. The summed E-state index contributed by atoms with van der Waals surface area (Å²) in [7, 11) is 1.95. The quantitative estimate of drug-likeness (QED) is 0.853. The fraction of sp³-hybridized carbons (Fsp3) is 0.714. The zero-order valence-electron chi connectivity index (χ0n) is 12.8. The molecule has 0 bridgehead atoms. The summed E-state index contributed by atoms with van der Waals surface area (Å²) in [5.74, 6) is 0.382. The molecule has 1 aromatic heterocycles. The molecule has 2 rings (SSSR count). The number of nitrogens with one attached hydrogen (secondary N) is 1. The lowest BCUT2D eigenvalue weighted by Crippen LogP contribution is -2.44. The Bertz CT molecular complexity index is 526. The molecular weight excluding hydrogens is 336 g/mol. The highest BCUT2D eigenvalue weighted by Gasteiger charge is 2.19. The lowest BCUT2D eigenvalue weighted by Gasteiger charge is -2.29. The number of rotatable bonds is 5. The maximum Gasteiger partial charge on any atom is 0.283 e. The summed E-state index contributed by atoms with van der Waals surface area (Å²) in [5.41, 5.74) is 0.713. The summed E-state index contributed by atoms with van der Waals surface area (Å²) >= 11 is 3.41. The second-order valence-corrected chi connectivity index (χ2v) is 6.60. The molecule has 1 aliphatic heterocycles. The fourth-order valence-corrected chi connectivity index (χ4v) is 2.95. The van der Waals surface area contributed by atoms with Gasteiger partial charge in [0, 0.05) is 33.2 Å². The highest BCUT2D eigenvalue weighted by Crippen LogP contribution is 2.21. The van der Waals surface area contributed by atoms with Crippen LogP contribution in [-0.2, 0) is 11.3 Å². The minimum Gasteiger partial charge on any atom is -0.374 e. The number of ether oxygens (including phenoxy) is 1. The molecule has 1 atom stereocenters. The molecule has 1 aliphatic rings. The van der Waals surface area contributed by atoms with Crippen molar-refractivity contribution in [1.82, 2.24) is 15.1 Å². The zero-order valence-corrected chi connectivity index (χ0v) is 14.4. The first-order chi connectivity index (χ1) is 9.99. The van der Waals surface area contributed by atoms with E-state index in [1.165, 1.54) is 4.68 Å². The summed E-state index contributed by atoms with van der Waals surface area (Å²) in [5, 5.41) is 7.57. The molecule has 1 N–H and O–H groups in total. The van der Waals surface area contributed by atoms with Crippen molar-refractivity contribution in [2.45, 2.75) is 26.5 Å². The molecule has 7 heteroatoms. The molecule has 1 unspecified atom stereocenters. The number of likely N-dealkylation sites (N-methyl/N-ethyl adjacent to an activating group) is 1. The monoisotopic (exact) mass is 358 g/mol. The molecule has 1 aromatic rings. The SMILES string of the molecule is CC(C)Cn1ncc(N(C)CC2CNCCO2)c(Br)c1=O. The van der Waals surface area contributed by atoms with Crippen molar-refractivity contribution in [3.8, 4) is 0 Å². The van der Waals surface area contributed by atoms with Crippen LogP contribution in [0, 0.1) is 5.92 Å². The van der Waals surface area contributed by atoms with Gasteiger partial charge in [0.15, 0.2) is 0 Å². The minimum absolute atomic E-state index is 0.0873. The van der Waals surface area contributed by atoms with E-state index < -0.39 is 0 Å². The van der Waals surface area contributed by atoms with Gasteiger partial charge < -0.3 is 15.0 Å². The average molecular weight is 359 g/mol. The van der Waals surface area contributed by atoms with Crippen LogP contribution >= 0.6 is 15.9 Å². The Labute approximate surface area is 133 Å². The first kappa shape index (κ1) is 16.5. The van der Waals surface area contributed by atoms with Crippen molar-refractivity contribution in [3.63, 3.8) is 0 Å². The van der Waals surface area contributed by atoms with Crippen LogP contribution in [-0.4, -0.2) is 49.2 Å². The van der Waals surface area contributed by atoms with Crippen LogP contribution < -0.4 is 15.8 Å². The summed E-state index contributed by atoms with van der Waals surface area (Å²) in [6.07, 6.45) is 1.87. The molecule has 0 radical (unpaired) electrons. The first-order valence-corrected chi connectivity index (χ1v) is 8.07. The molecule has 1 saturated heterocycles. The van der Waals surface area contributed by atoms with Crippen molar-refractivity contribution >= 4 is 21.6 Å². The molecule has 1 fully saturated rings. The molecule has 21 heavy (non-hydrogen) atoms. The second-order valence-electron chi connectivity index (χ2n) is 5.80. The number of aromatic nitrogens is 2. The molecule has 0 saturated carbocycles. The van der Waals surface area contributed by atoms with Gasteiger partial charge in [-0.25, -0.2) is 4.68 Å². The minimum atomic E-state index is -0.0873. The van der Waals surface area contributed by atoms with Crippen molar-refractivity contribution in [1.29, 1.82) is 0 Å². The van der Waals surface area contributed by atoms with E-state index in [1.54, 1.807) is 6.20 Å². The van der Waals surface area contributed by atoms with Gasteiger partial charge in [-0.05, 0) is 21.8 Å². The third-order valence-corrected chi connectivity index (χ3v) is 4.14. The van der Waals surface area contributed by atoms with Crippen LogP contribution in [0.2, 0.25) is 0 Å². The van der Waals surface area contributed by atoms with E-state index in [0.29, 0.717) is 16.9 Å². The molecule has 0 spiro atoms. The highest BCUT2D eigenvalue weighted by molar-refractivity contribution is 9.10. The number of hydrogen-bond donors (Lipinski definition) is 1. The summed E-state index contributed by atoms with van der Waals surface area (Å²) < 4.78 is 7.76. The Hall–Kier alpha value is -0.920. The Morgan fingerprint density at radius 2 is 2.38 bits per heavy atom. The fourth-order valence-electron chi connectivity index (χ4n) is 2.34. The van der Waals surface area contributed by atoms with Gasteiger partial charge in [0.25, 0.3) is 5.56 Å². The summed E-state index contributed by atoms with van der Waals surface area (Å²) in [6, 6.07) is 0. The van der Waals surface area contributed by atoms with Gasteiger partial charge in [-0.15, -0.1) is 0 Å². The van der Waals surface area contributed by atoms with E-state index in [4.69, 9.17) is 4.74 Å². The summed E-state index contributed by atoms with van der Waals surface area (Å²) in [4.78, 5) is 14.3. The van der Waals surface area contributed by atoms with Gasteiger partial charge in [0.05, 0.1) is 24.6 Å². The third kappa shape index (κ3) is 4.28. The maximum absolute atomic E-state index is 12.3. The molecule has 6 nitrogen and oxygen atoms in total. The van der Waals surface area contributed by atoms with Gasteiger partial charge in [-0.2, -0.15) is 5.10 Å². The maximum atomic E-state index is 12.3. The number of anilines is 1. The van der Waals surface area contributed by atoms with Crippen LogP contribution in [0.5, 0.6) is 0 Å². The third-order valence-electron chi connectivity index (χ3n) is 3.40. The van der Waals surface area contributed by atoms with Crippen LogP contribution in [0.25, 0.3) is 0 Å². The summed E-state index contributed by atoms with van der Waals surface area (Å²) in [6.45, 7) is 7.94. The lowest BCUT2D eigenvalue weighted by molar-refractivity contribution is 0.0340. The first-order valence-electron chi connectivity index (χ1n) is 7.28. The van der Waals surface area contributed by atoms with Crippen LogP contribution in [0.15, 0.2) is 15.5 Å². The van der Waals surface area contributed by atoms with Crippen LogP contribution in [0.3, 0.4) is 0 Å².